The molecule has 2 N–H and O–H groups in total. The zero-order valence-electron chi connectivity index (χ0n) is 15.7. The van der Waals surface area contributed by atoms with E-state index >= 15 is 0 Å². The summed E-state index contributed by atoms with van der Waals surface area (Å²) < 4.78 is 41.6. The number of rotatable bonds is 8. The topological polar surface area (TPSA) is 62.7 Å². The molecule has 0 bridgehead atoms. The third-order valence-corrected chi connectivity index (χ3v) is 5.75. The molecule has 1 atom stereocenters. The van der Waals surface area contributed by atoms with Gasteiger partial charge in [-0.1, -0.05) is 23.2 Å². The Kier molecular flexibility index (Phi) is 9.76. The molecule has 0 heterocycles. The van der Waals surface area contributed by atoms with E-state index in [9.17, 15) is 13.0 Å². The molecule has 1 unspecified atom stereocenters. The van der Waals surface area contributed by atoms with Gasteiger partial charge in [-0.25, -0.2) is 4.99 Å². The number of hydrogen-bond donors (Lipinski definition) is 2. The quantitative estimate of drug-likeness (QED) is 0.466. The van der Waals surface area contributed by atoms with E-state index < -0.39 is 17.4 Å². The molecule has 1 rings (SSSR count). The number of ether oxygens (including phenoxy) is 1. The molecule has 10 heteroatoms. The maximum Gasteiger partial charge on any atom is 0.387 e. The molecule has 0 saturated carbocycles. The van der Waals surface area contributed by atoms with E-state index in [2.05, 4.69) is 20.4 Å². The zero-order chi connectivity index (χ0) is 20.6. The van der Waals surface area contributed by atoms with E-state index in [4.69, 9.17) is 23.2 Å². The van der Waals surface area contributed by atoms with Crippen molar-refractivity contribution in [1.82, 2.24) is 10.6 Å². The zero-order valence-corrected chi connectivity index (χ0v) is 18.1. The molecule has 154 valence electrons. The van der Waals surface area contributed by atoms with Crippen LogP contribution in [0, 0.1) is 0 Å². The second-order valence-electron chi connectivity index (χ2n) is 6.54. The van der Waals surface area contributed by atoms with Gasteiger partial charge in [-0.05, 0) is 39.8 Å². The van der Waals surface area contributed by atoms with Crippen LogP contribution in [0.4, 0.5) is 8.78 Å². The number of benzene rings is 1. The van der Waals surface area contributed by atoms with Gasteiger partial charge in [-0.2, -0.15) is 8.78 Å². The first-order chi connectivity index (χ1) is 12.5. The Morgan fingerprint density at radius 1 is 1.30 bits per heavy atom. The first kappa shape index (κ1) is 23.9. The number of nitrogens with zero attached hydrogens (tertiary/aromatic N) is 1. The van der Waals surface area contributed by atoms with Crippen LogP contribution in [0.2, 0.25) is 10.0 Å². The maximum atomic E-state index is 12.6. The van der Waals surface area contributed by atoms with E-state index in [1.54, 1.807) is 0 Å². The first-order valence-corrected chi connectivity index (χ1v) is 10.5. The third kappa shape index (κ3) is 8.62. The number of hydrogen-bond acceptors (Lipinski definition) is 3. The normalized spacial score (nSPS) is 13.6. The summed E-state index contributed by atoms with van der Waals surface area (Å²) in [6.07, 6.45) is 0. The molecule has 1 aromatic carbocycles. The van der Waals surface area contributed by atoms with Crippen LogP contribution < -0.4 is 15.4 Å². The average Bonchev–Trinajstić information content (AvgIpc) is 2.54. The molecule has 1 aromatic rings. The van der Waals surface area contributed by atoms with Crippen molar-refractivity contribution in [3.8, 4) is 5.75 Å². The highest BCUT2D eigenvalue weighted by molar-refractivity contribution is 7.86. The van der Waals surface area contributed by atoms with Crippen molar-refractivity contribution < 1.29 is 17.7 Å². The van der Waals surface area contributed by atoms with Crippen LogP contribution in [-0.4, -0.2) is 40.4 Å². The van der Waals surface area contributed by atoms with Crippen molar-refractivity contribution in [2.75, 3.05) is 18.8 Å². The summed E-state index contributed by atoms with van der Waals surface area (Å²) >= 11 is 11.9. The summed E-state index contributed by atoms with van der Waals surface area (Å²) in [6.45, 7) is 5.70. The molecule has 0 amide bonds. The van der Waals surface area contributed by atoms with Crippen LogP contribution in [0.15, 0.2) is 17.1 Å². The second kappa shape index (κ2) is 11.0. The first-order valence-electron chi connectivity index (χ1n) is 8.38. The maximum absolute atomic E-state index is 12.6. The van der Waals surface area contributed by atoms with Crippen LogP contribution in [0.1, 0.15) is 33.3 Å². The summed E-state index contributed by atoms with van der Waals surface area (Å²) in [4.78, 5) is 4.35. The van der Waals surface area contributed by atoms with Gasteiger partial charge in [0.15, 0.2) is 5.96 Å². The fraction of sp³-hybridized carbons (Fsp3) is 0.588. The number of halogens is 4. The largest absolute Gasteiger partial charge is 0.433 e. The Morgan fingerprint density at radius 2 is 1.96 bits per heavy atom. The van der Waals surface area contributed by atoms with Gasteiger partial charge in [0, 0.05) is 45.0 Å². The average molecular weight is 444 g/mol. The van der Waals surface area contributed by atoms with Crippen LogP contribution >= 0.6 is 23.2 Å². The van der Waals surface area contributed by atoms with Crippen LogP contribution in [-0.2, 0) is 17.3 Å². The number of guanidine groups is 1. The smallest absolute Gasteiger partial charge is 0.387 e. The molecule has 0 aliphatic heterocycles. The number of aliphatic imine (C=N–C) groups is 1. The Labute approximate surface area is 171 Å². The molecule has 0 radical (unpaired) electrons. The molecule has 0 aromatic heterocycles. The lowest BCUT2D eigenvalue weighted by molar-refractivity contribution is -0.0503. The van der Waals surface area contributed by atoms with Gasteiger partial charge in [0.05, 0.1) is 11.6 Å². The van der Waals surface area contributed by atoms with Gasteiger partial charge in [0.1, 0.15) is 5.75 Å². The molecule has 0 aliphatic rings. The van der Waals surface area contributed by atoms with E-state index in [0.29, 0.717) is 35.4 Å². The highest BCUT2D eigenvalue weighted by Gasteiger charge is 2.19. The fourth-order valence-corrected chi connectivity index (χ4v) is 3.51. The van der Waals surface area contributed by atoms with E-state index in [0.717, 1.165) is 0 Å². The predicted octanol–water partition coefficient (Wildman–Crippen LogP) is 4.20. The van der Waals surface area contributed by atoms with Gasteiger partial charge in [0.25, 0.3) is 0 Å². The minimum Gasteiger partial charge on any atom is -0.433 e. The Hall–Kier alpha value is -1.12. The lowest BCUT2D eigenvalue weighted by Crippen LogP contribution is -2.40. The lowest BCUT2D eigenvalue weighted by Gasteiger charge is -2.18. The second-order valence-corrected chi connectivity index (χ2v) is 9.71. The summed E-state index contributed by atoms with van der Waals surface area (Å²) in [5.74, 6) is 0.767. The van der Waals surface area contributed by atoms with Crippen molar-refractivity contribution in [2.24, 2.45) is 4.99 Å². The van der Waals surface area contributed by atoms with Gasteiger partial charge >= 0.3 is 6.61 Å². The molecule has 5 nitrogen and oxygen atoms in total. The summed E-state index contributed by atoms with van der Waals surface area (Å²) in [5, 5.41) is 6.40. The predicted molar refractivity (Wildman–Crippen MR) is 109 cm³/mol. The minimum atomic E-state index is -3.01. The molecule has 0 saturated heterocycles. The molecular formula is C17H25Cl2F2N3O2S. The van der Waals surface area contributed by atoms with E-state index in [1.165, 1.54) is 12.1 Å². The van der Waals surface area contributed by atoms with Gasteiger partial charge < -0.3 is 15.4 Å². The van der Waals surface area contributed by atoms with Crippen molar-refractivity contribution in [3.05, 3.63) is 27.7 Å². The van der Waals surface area contributed by atoms with E-state index in [-0.39, 0.29) is 22.1 Å². The Bertz CT molecular complexity index is 683. The SMILES string of the molecule is CCNC(=NCc1cc(Cl)cc(Cl)c1OC(F)F)NCCS(=O)C(C)(C)C. The van der Waals surface area contributed by atoms with Gasteiger partial charge in [-0.3, -0.25) is 4.21 Å². The third-order valence-electron chi connectivity index (χ3n) is 3.31. The lowest BCUT2D eigenvalue weighted by atomic mass is 10.2. The van der Waals surface area contributed by atoms with Crippen LogP contribution in [0.3, 0.4) is 0 Å². The van der Waals surface area contributed by atoms with Crippen molar-refractivity contribution in [2.45, 2.75) is 45.6 Å². The summed E-state index contributed by atoms with van der Waals surface area (Å²) in [7, 11) is -0.998. The molecule has 27 heavy (non-hydrogen) atoms. The summed E-state index contributed by atoms with van der Waals surface area (Å²) in [6, 6.07) is 2.81. The highest BCUT2D eigenvalue weighted by Crippen LogP contribution is 2.34. The number of nitrogens with one attached hydrogen (secondary N) is 2. The van der Waals surface area contributed by atoms with Crippen molar-refractivity contribution in [3.63, 3.8) is 0 Å². The van der Waals surface area contributed by atoms with Crippen LogP contribution in [0.25, 0.3) is 0 Å². The van der Waals surface area contributed by atoms with Crippen LogP contribution in [0.5, 0.6) is 5.75 Å². The minimum absolute atomic E-state index is 0.00784. The summed E-state index contributed by atoms with van der Waals surface area (Å²) in [5.41, 5.74) is 0.336. The number of alkyl halides is 2. The Morgan fingerprint density at radius 3 is 2.52 bits per heavy atom. The monoisotopic (exact) mass is 443 g/mol. The Balaban J connectivity index is 2.87. The standard InChI is InChI=1S/C17H25Cl2F2N3O2S/c1-5-22-16(23-6-7-27(25)17(2,3)4)24-10-11-8-12(18)9-13(19)14(11)26-15(20)21/h8-9,15H,5-7,10H2,1-4H3,(H2,22,23,24). The molecule has 0 aliphatic carbocycles. The van der Waals surface area contributed by atoms with Gasteiger partial charge in [-0.15, -0.1) is 0 Å². The van der Waals surface area contributed by atoms with Crippen molar-refractivity contribution in [1.29, 1.82) is 0 Å². The molecular weight excluding hydrogens is 419 g/mol. The molecule has 0 fully saturated rings. The molecule has 0 spiro atoms. The highest BCUT2D eigenvalue weighted by atomic mass is 35.5. The fourth-order valence-electron chi connectivity index (χ4n) is 2.03. The van der Waals surface area contributed by atoms with E-state index in [1.807, 2.05) is 27.7 Å². The van der Waals surface area contributed by atoms with Gasteiger partial charge in [0.2, 0.25) is 0 Å². The van der Waals surface area contributed by atoms with Crippen molar-refractivity contribution >= 4 is 40.0 Å².